The monoisotopic (exact) mass is 520 g/mol. The summed E-state index contributed by atoms with van der Waals surface area (Å²) in [6.45, 7) is 1.87. The second kappa shape index (κ2) is 7.72. The number of aliphatic hydroxyl groups is 1. The third-order valence-corrected chi connectivity index (χ3v) is 9.33. The molecule has 1 saturated heterocycles. The minimum atomic E-state index is -1.14. The van der Waals surface area contributed by atoms with E-state index >= 15 is 0 Å². The maximum atomic E-state index is 13.4. The van der Waals surface area contributed by atoms with Crippen molar-refractivity contribution in [1.29, 1.82) is 0 Å². The molecule has 2 fully saturated rings. The van der Waals surface area contributed by atoms with E-state index in [2.05, 4.69) is 20.4 Å². The van der Waals surface area contributed by atoms with Gasteiger partial charge in [-0.15, -0.1) is 12.4 Å². The van der Waals surface area contributed by atoms with E-state index in [-0.39, 0.29) is 30.1 Å². The fraction of sp³-hybridized carbons (Fsp3) is 0.429. The molecule has 1 aromatic heterocycles. The van der Waals surface area contributed by atoms with Gasteiger partial charge in [-0.1, -0.05) is 36.4 Å². The van der Waals surface area contributed by atoms with E-state index in [1.165, 1.54) is 12.8 Å². The van der Waals surface area contributed by atoms with Crippen molar-refractivity contribution in [3.63, 3.8) is 0 Å². The SMILES string of the molecule is Cl.O=C(N[C@@H]1C=C[C@@]2(O)[C@H]3Cc4ccc(O)c5c4[C@@]2(CCN3CC2CC2)[C@H]1O5)c1n[nH]c2ccccc12. The number of para-hydroxylation sites is 1. The topological polar surface area (TPSA) is 111 Å². The number of nitrogens with zero attached hydrogens (tertiary/aromatic N) is 2. The number of aromatic amines is 1. The molecule has 2 aromatic carbocycles. The fourth-order valence-corrected chi connectivity index (χ4v) is 7.52. The molecule has 8 nitrogen and oxygen atoms in total. The second-order valence-corrected chi connectivity index (χ2v) is 11.2. The van der Waals surface area contributed by atoms with Gasteiger partial charge >= 0.3 is 0 Å². The summed E-state index contributed by atoms with van der Waals surface area (Å²) in [6.07, 6.45) is 7.20. The van der Waals surface area contributed by atoms with Gasteiger partial charge < -0.3 is 20.3 Å². The third kappa shape index (κ3) is 2.92. The van der Waals surface area contributed by atoms with Gasteiger partial charge in [0.05, 0.1) is 17.0 Å². The minimum Gasteiger partial charge on any atom is -0.504 e. The Hall–Kier alpha value is -3.07. The Bertz CT molecular complexity index is 1470. The average Bonchev–Trinajstić information content (AvgIpc) is 3.46. The molecule has 192 valence electrons. The smallest absolute Gasteiger partial charge is 0.273 e. The second-order valence-electron chi connectivity index (χ2n) is 11.2. The first-order chi connectivity index (χ1) is 17.5. The highest BCUT2D eigenvalue weighted by atomic mass is 35.5. The number of piperidine rings is 1. The van der Waals surface area contributed by atoms with Crippen LogP contribution in [0.2, 0.25) is 0 Å². The Morgan fingerprint density at radius 1 is 1.24 bits per heavy atom. The van der Waals surface area contributed by atoms with Crippen molar-refractivity contribution in [2.75, 3.05) is 13.1 Å². The highest BCUT2D eigenvalue weighted by Gasteiger charge is 2.72. The zero-order valence-corrected chi connectivity index (χ0v) is 21.0. The standard InChI is InChI=1S/C28H28N4O4.ClH/c33-20-8-7-16-13-21-28(35)10-9-19(29-26(34)23-17-3-1-2-4-18(17)30-31-23)25-27(28,22(16)24(20)36-25)11-12-32(21)14-15-5-6-15;/h1-4,7-10,15,19,21,25,33,35H,5-6,11-14H2,(H,29,34)(H,30,31);1H/t19-,21-,25+,27+,28-;/m1./s1. The van der Waals surface area contributed by atoms with Gasteiger partial charge in [0.2, 0.25) is 0 Å². The molecule has 1 spiro atoms. The van der Waals surface area contributed by atoms with E-state index in [4.69, 9.17) is 4.74 Å². The molecule has 3 aromatic rings. The lowest BCUT2D eigenvalue weighted by atomic mass is 9.50. The summed E-state index contributed by atoms with van der Waals surface area (Å²) in [5.74, 6) is 0.963. The zero-order chi connectivity index (χ0) is 24.2. The number of phenols is 1. The van der Waals surface area contributed by atoms with E-state index < -0.39 is 23.2 Å². The summed E-state index contributed by atoms with van der Waals surface area (Å²) < 4.78 is 6.50. The molecule has 1 saturated carbocycles. The van der Waals surface area contributed by atoms with E-state index in [0.29, 0.717) is 24.3 Å². The molecule has 2 bridgehead atoms. The maximum absolute atomic E-state index is 13.4. The van der Waals surface area contributed by atoms with E-state index in [9.17, 15) is 15.0 Å². The molecule has 8 rings (SSSR count). The maximum Gasteiger partial charge on any atom is 0.273 e. The summed E-state index contributed by atoms with van der Waals surface area (Å²) in [5.41, 5.74) is 1.30. The van der Waals surface area contributed by atoms with Crippen LogP contribution in [0.3, 0.4) is 0 Å². The van der Waals surface area contributed by atoms with Gasteiger partial charge in [0.1, 0.15) is 11.7 Å². The molecule has 3 heterocycles. The Morgan fingerprint density at radius 3 is 2.92 bits per heavy atom. The van der Waals surface area contributed by atoms with Crippen LogP contribution in [-0.4, -0.2) is 68.1 Å². The summed E-state index contributed by atoms with van der Waals surface area (Å²) in [4.78, 5) is 15.9. The number of benzene rings is 2. The molecule has 0 unspecified atom stereocenters. The van der Waals surface area contributed by atoms with Gasteiger partial charge in [0.25, 0.3) is 5.91 Å². The molecule has 3 aliphatic carbocycles. The third-order valence-electron chi connectivity index (χ3n) is 9.33. The predicted molar refractivity (Wildman–Crippen MR) is 139 cm³/mol. The number of H-pyrrole nitrogens is 1. The first kappa shape index (κ1) is 23.1. The van der Waals surface area contributed by atoms with Crippen LogP contribution in [-0.2, 0) is 11.8 Å². The van der Waals surface area contributed by atoms with Crippen LogP contribution in [0, 0.1) is 5.92 Å². The molecular formula is C28H29ClN4O4. The van der Waals surface area contributed by atoms with Crippen LogP contribution in [0.1, 0.15) is 40.9 Å². The van der Waals surface area contributed by atoms with E-state index in [1.54, 1.807) is 6.07 Å². The molecule has 5 atom stereocenters. The van der Waals surface area contributed by atoms with Crippen molar-refractivity contribution in [3.8, 4) is 11.5 Å². The summed E-state index contributed by atoms with van der Waals surface area (Å²) in [7, 11) is 0. The number of ether oxygens (including phenoxy) is 1. The van der Waals surface area contributed by atoms with Gasteiger partial charge in [-0.05, 0) is 55.8 Å². The Kier molecular flexibility index (Phi) is 4.82. The number of fused-ring (bicyclic) bond motifs is 1. The Balaban J connectivity index is 0.00000231. The normalized spacial score (nSPS) is 32.9. The zero-order valence-electron chi connectivity index (χ0n) is 20.2. The first-order valence-corrected chi connectivity index (χ1v) is 12.9. The Labute approximate surface area is 220 Å². The first-order valence-electron chi connectivity index (χ1n) is 12.9. The number of hydrogen-bond acceptors (Lipinski definition) is 6. The largest absolute Gasteiger partial charge is 0.504 e. The number of hydrogen-bond donors (Lipinski definition) is 4. The molecule has 1 amide bonds. The van der Waals surface area contributed by atoms with Crippen LogP contribution in [0.4, 0.5) is 0 Å². The van der Waals surface area contributed by atoms with E-state index in [0.717, 1.165) is 41.0 Å². The number of rotatable bonds is 4. The van der Waals surface area contributed by atoms with Crippen LogP contribution in [0.15, 0.2) is 48.6 Å². The van der Waals surface area contributed by atoms with Gasteiger partial charge in [0, 0.05) is 23.5 Å². The van der Waals surface area contributed by atoms with Crippen molar-refractivity contribution >= 4 is 29.2 Å². The predicted octanol–water partition coefficient (Wildman–Crippen LogP) is 2.83. The van der Waals surface area contributed by atoms with Gasteiger partial charge in [0.15, 0.2) is 17.2 Å². The summed E-state index contributed by atoms with van der Waals surface area (Å²) in [5, 5.41) is 34.3. The minimum absolute atomic E-state index is 0. The van der Waals surface area contributed by atoms with Gasteiger partial charge in [-0.25, -0.2) is 0 Å². The van der Waals surface area contributed by atoms with Crippen molar-refractivity contribution in [1.82, 2.24) is 20.4 Å². The van der Waals surface area contributed by atoms with Crippen molar-refractivity contribution < 1.29 is 19.7 Å². The lowest BCUT2D eigenvalue weighted by Gasteiger charge is -2.62. The van der Waals surface area contributed by atoms with Crippen LogP contribution < -0.4 is 10.1 Å². The number of aromatic nitrogens is 2. The molecule has 2 aliphatic heterocycles. The number of nitrogens with one attached hydrogen (secondary N) is 2. The van der Waals surface area contributed by atoms with Crippen LogP contribution in [0.5, 0.6) is 11.5 Å². The summed E-state index contributed by atoms with van der Waals surface area (Å²) in [6, 6.07) is 10.7. The van der Waals surface area contributed by atoms with Crippen molar-refractivity contribution in [2.45, 2.75) is 54.9 Å². The number of carbonyl (C=O) groups excluding carboxylic acids is 1. The average molecular weight is 521 g/mol. The lowest BCUT2D eigenvalue weighted by molar-refractivity contribution is -0.144. The molecule has 9 heteroatoms. The highest BCUT2D eigenvalue weighted by Crippen LogP contribution is 2.64. The lowest BCUT2D eigenvalue weighted by Crippen LogP contribution is -2.76. The number of phenolic OH excluding ortho intramolecular Hbond substituents is 1. The molecular weight excluding hydrogens is 492 g/mol. The molecule has 4 N–H and O–H groups in total. The number of carbonyl (C=O) groups is 1. The number of aromatic hydroxyl groups is 1. The number of likely N-dealkylation sites (tertiary alicyclic amines) is 1. The van der Waals surface area contributed by atoms with Crippen molar-refractivity contribution in [2.24, 2.45) is 5.92 Å². The van der Waals surface area contributed by atoms with Crippen LogP contribution >= 0.6 is 12.4 Å². The number of amides is 1. The molecule has 37 heavy (non-hydrogen) atoms. The van der Waals surface area contributed by atoms with Gasteiger partial charge in [-0.3, -0.25) is 14.8 Å². The quantitative estimate of drug-likeness (QED) is 0.394. The number of halogens is 1. The molecule has 0 radical (unpaired) electrons. The van der Waals surface area contributed by atoms with Crippen molar-refractivity contribution in [3.05, 3.63) is 65.4 Å². The summed E-state index contributed by atoms with van der Waals surface area (Å²) >= 11 is 0. The Morgan fingerprint density at radius 2 is 2.08 bits per heavy atom. The van der Waals surface area contributed by atoms with E-state index in [1.807, 2.05) is 42.5 Å². The fourth-order valence-electron chi connectivity index (χ4n) is 7.52. The van der Waals surface area contributed by atoms with Gasteiger partial charge in [-0.2, -0.15) is 5.10 Å². The molecule has 5 aliphatic rings. The van der Waals surface area contributed by atoms with Crippen LogP contribution in [0.25, 0.3) is 10.9 Å². The highest BCUT2D eigenvalue weighted by molar-refractivity contribution is 6.04.